The van der Waals surface area contributed by atoms with Crippen LogP contribution in [0.25, 0.3) is 0 Å². The maximum atomic E-state index is 11.6. The van der Waals surface area contributed by atoms with Crippen molar-refractivity contribution < 1.29 is 23.8 Å². The number of ether oxygens (including phenoxy) is 1. The molecule has 0 fully saturated rings. The SMILES string of the molecule is CCC(CC)(CO)CCCCOCCCCC(CC)(CC)OP(C)(=O)O. The lowest BCUT2D eigenvalue weighted by Gasteiger charge is -2.32. The molecule has 26 heavy (non-hydrogen) atoms. The molecule has 0 bridgehead atoms. The number of aliphatic hydroxyl groups is 1. The van der Waals surface area contributed by atoms with Gasteiger partial charge in [-0.1, -0.05) is 34.1 Å². The fraction of sp³-hybridized carbons (Fsp3) is 1.00. The van der Waals surface area contributed by atoms with Crippen LogP contribution >= 0.6 is 7.60 Å². The van der Waals surface area contributed by atoms with Crippen LogP contribution in [-0.4, -0.2) is 42.1 Å². The van der Waals surface area contributed by atoms with E-state index in [0.717, 1.165) is 77.4 Å². The van der Waals surface area contributed by atoms with Gasteiger partial charge in [0, 0.05) is 26.5 Å². The van der Waals surface area contributed by atoms with E-state index in [1.807, 2.05) is 13.8 Å². The molecule has 0 aliphatic rings. The van der Waals surface area contributed by atoms with Crippen LogP contribution in [0.4, 0.5) is 0 Å². The van der Waals surface area contributed by atoms with Gasteiger partial charge in [0.15, 0.2) is 0 Å². The van der Waals surface area contributed by atoms with Gasteiger partial charge in [-0.3, -0.25) is 4.57 Å². The molecule has 0 aliphatic carbocycles. The molecule has 0 aromatic rings. The molecule has 0 saturated heterocycles. The van der Waals surface area contributed by atoms with Crippen LogP contribution in [-0.2, 0) is 13.8 Å². The van der Waals surface area contributed by atoms with Crippen LogP contribution < -0.4 is 0 Å². The van der Waals surface area contributed by atoms with E-state index in [0.29, 0.717) is 0 Å². The van der Waals surface area contributed by atoms with E-state index in [2.05, 4.69) is 13.8 Å². The first-order chi connectivity index (χ1) is 12.2. The summed E-state index contributed by atoms with van der Waals surface area (Å²) in [6.45, 7) is 11.3. The Morgan fingerprint density at radius 2 is 1.35 bits per heavy atom. The van der Waals surface area contributed by atoms with Gasteiger partial charge in [0.2, 0.25) is 0 Å². The molecule has 0 spiro atoms. The molecule has 0 aromatic carbocycles. The highest BCUT2D eigenvalue weighted by atomic mass is 31.2. The Morgan fingerprint density at radius 3 is 1.73 bits per heavy atom. The van der Waals surface area contributed by atoms with Crippen molar-refractivity contribution in [1.82, 2.24) is 0 Å². The Labute approximate surface area is 161 Å². The highest BCUT2D eigenvalue weighted by Gasteiger charge is 2.32. The lowest BCUT2D eigenvalue weighted by molar-refractivity contribution is 0.0351. The highest BCUT2D eigenvalue weighted by Crippen LogP contribution is 2.46. The summed E-state index contributed by atoms with van der Waals surface area (Å²) in [5, 5.41) is 9.58. The predicted octanol–water partition coefficient (Wildman–Crippen LogP) is 5.53. The van der Waals surface area contributed by atoms with Crippen LogP contribution in [0.3, 0.4) is 0 Å². The third-order valence-electron chi connectivity index (χ3n) is 5.90. The van der Waals surface area contributed by atoms with Crippen LogP contribution in [0.15, 0.2) is 0 Å². The molecule has 0 amide bonds. The first-order valence-corrected chi connectivity index (χ1v) is 12.4. The van der Waals surface area contributed by atoms with Crippen molar-refractivity contribution in [2.45, 2.75) is 97.5 Å². The van der Waals surface area contributed by atoms with Crippen LogP contribution in [0.5, 0.6) is 0 Å². The minimum absolute atomic E-state index is 0.0923. The van der Waals surface area contributed by atoms with Crippen molar-refractivity contribution in [2.24, 2.45) is 5.41 Å². The van der Waals surface area contributed by atoms with Crippen LogP contribution in [0, 0.1) is 5.41 Å². The van der Waals surface area contributed by atoms with Crippen molar-refractivity contribution >= 4 is 7.60 Å². The van der Waals surface area contributed by atoms with Crippen molar-refractivity contribution in [3.63, 3.8) is 0 Å². The molecule has 1 atom stereocenters. The minimum atomic E-state index is -3.47. The number of rotatable bonds is 17. The largest absolute Gasteiger partial charge is 0.396 e. The van der Waals surface area contributed by atoms with Crippen molar-refractivity contribution in [2.75, 3.05) is 26.5 Å². The Balaban J connectivity index is 3.91. The second-order valence-corrected chi connectivity index (χ2v) is 9.46. The van der Waals surface area contributed by atoms with Gasteiger partial charge in [0.1, 0.15) is 0 Å². The normalized spacial score (nSPS) is 15.2. The summed E-state index contributed by atoms with van der Waals surface area (Å²) in [5.74, 6) is 0. The van der Waals surface area contributed by atoms with E-state index in [-0.39, 0.29) is 12.0 Å². The second-order valence-electron chi connectivity index (χ2n) is 7.68. The van der Waals surface area contributed by atoms with Gasteiger partial charge in [0.05, 0.1) is 5.60 Å². The Hall–Kier alpha value is 0.0700. The molecule has 1 unspecified atom stereocenters. The molecule has 0 heterocycles. The lowest BCUT2D eigenvalue weighted by atomic mass is 9.79. The topological polar surface area (TPSA) is 76.0 Å². The average Bonchev–Trinajstić information content (AvgIpc) is 2.62. The van der Waals surface area contributed by atoms with Crippen molar-refractivity contribution in [1.29, 1.82) is 0 Å². The summed E-state index contributed by atoms with van der Waals surface area (Å²) in [4.78, 5) is 9.54. The number of hydrogen-bond donors (Lipinski definition) is 2. The van der Waals surface area contributed by atoms with E-state index >= 15 is 0 Å². The molecule has 0 rings (SSSR count). The molecule has 5 nitrogen and oxygen atoms in total. The van der Waals surface area contributed by atoms with Crippen molar-refractivity contribution in [3.8, 4) is 0 Å². The minimum Gasteiger partial charge on any atom is -0.396 e. The van der Waals surface area contributed by atoms with Gasteiger partial charge in [-0.25, -0.2) is 0 Å². The zero-order chi connectivity index (χ0) is 20.1. The molecule has 6 heteroatoms. The number of unbranched alkanes of at least 4 members (excludes halogenated alkanes) is 2. The Kier molecular flexibility index (Phi) is 13.3. The second kappa shape index (κ2) is 13.3. The van der Waals surface area contributed by atoms with Gasteiger partial charge in [-0.2, -0.15) is 0 Å². The smallest absolute Gasteiger partial charge is 0.325 e. The molecule has 0 saturated carbocycles. The van der Waals surface area contributed by atoms with E-state index < -0.39 is 13.2 Å². The van der Waals surface area contributed by atoms with E-state index in [1.165, 1.54) is 6.66 Å². The van der Waals surface area contributed by atoms with Gasteiger partial charge in [-0.05, 0) is 63.2 Å². The fourth-order valence-electron chi connectivity index (χ4n) is 3.50. The zero-order valence-electron chi connectivity index (χ0n) is 17.8. The molecular formula is C20H43O5P. The third-order valence-corrected chi connectivity index (χ3v) is 6.63. The Bertz CT molecular complexity index is 377. The molecule has 2 N–H and O–H groups in total. The monoisotopic (exact) mass is 394 g/mol. The van der Waals surface area contributed by atoms with Gasteiger partial charge < -0.3 is 19.3 Å². The predicted molar refractivity (Wildman–Crippen MR) is 109 cm³/mol. The first kappa shape index (κ1) is 26.1. The van der Waals surface area contributed by atoms with E-state index in [9.17, 15) is 14.6 Å². The standard InChI is InChI=1S/C20H43O5P/c1-6-19(7-2,18-21)14-10-12-16-24-17-13-11-15-20(8-3,9-4)25-26(5,22)23/h21H,6-18H2,1-5H3,(H,22,23). The van der Waals surface area contributed by atoms with Crippen LogP contribution in [0.1, 0.15) is 91.9 Å². The summed E-state index contributed by atoms with van der Waals surface area (Å²) in [6, 6.07) is 0. The summed E-state index contributed by atoms with van der Waals surface area (Å²) in [7, 11) is -3.47. The average molecular weight is 395 g/mol. The highest BCUT2D eigenvalue weighted by molar-refractivity contribution is 7.51. The van der Waals surface area contributed by atoms with Gasteiger partial charge in [-0.15, -0.1) is 0 Å². The van der Waals surface area contributed by atoms with Gasteiger partial charge in [0.25, 0.3) is 0 Å². The number of hydrogen-bond acceptors (Lipinski definition) is 4. The van der Waals surface area contributed by atoms with Crippen LogP contribution in [0.2, 0.25) is 0 Å². The molecule has 0 radical (unpaired) electrons. The third kappa shape index (κ3) is 10.4. The summed E-state index contributed by atoms with van der Waals surface area (Å²) < 4.78 is 22.8. The fourth-order valence-corrected chi connectivity index (χ4v) is 4.57. The maximum Gasteiger partial charge on any atom is 0.325 e. The molecular weight excluding hydrogens is 351 g/mol. The lowest BCUT2D eigenvalue weighted by Crippen LogP contribution is -2.30. The van der Waals surface area contributed by atoms with Crippen molar-refractivity contribution in [3.05, 3.63) is 0 Å². The maximum absolute atomic E-state index is 11.6. The molecule has 0 aliphatic heterocycles. The summed E-state index contributed by atoms with van der Waals surface area (Å²) >= 11 is 0. The van der Waals surface area contributed by atoms with E-state index in [1.54, 1.807) is 0 Å². The zero-order valence-corrected chi connectivity index (χ0v) is 18.7. The quantitative estimate of drug-likeness (QED) is 0.250. The summed E-state index contributed by atoms with van der Waals surface area (Å²) in [5.41, 5.74) is -0.401. The summed E-state index contributed by atoms with van der Waals surface area (Å²) in [6.07, 6.45) is 9.37. The number of aliphatic hydroxyl groups excluding tert-OH is 1. The molecule has 158 valence electrons. The first-order valence-electron chi connectivity index (χ1n) is 10.4. The Morgan fingerprint density at radius 1 is 0.846 bits per heavy atom. The van der Waals surface area contributed by atoms with Gasteiger partial charge >= 0.3 is 7.60 Å². The van der Waals surface area contributed by atoms with E-state index in [4.69, 9.17) is 9.26 Å². The molecule has 0 aromatic heterocycles.